The van der Waals surface area contributed by atoms with Crippen LogP contribution in [0.25, 0.3) is 11.0 Å². The Bertz CT molecular complexity index is 1110. The van der Waals surface area contributed by atoms with Crippen molar-refractivity contribution < 1.29 is 4.79 Å². The molecule has 1 aromatic heterocycles. The number of hydrogen-bond acceptors (Lipinski definition) is 3. The molecule has 2 aromatic carbocycles. The van der Waals surface area contributed by atoms with Crippen molar-refractivity contribution in [1.29, 1.82) is 0 Å². The second kappa shape index (κ2) is 9.10. The first-order chi connectivity index (χ1) is 14.9. The first-order valence-corrected chi connectivity index (χ1v) is 11.1. The lowest BCUT2D eigenvalue weighted by Gasteiger charge is -2.37. The van der Waals surface area contributed by atoms with Crippen LogP contribution in [0.15, 0.2) is 53.3 Å². The van der Waals surface area contributed by atoms with E-state index in [-0.39, 0.29) is 11.6 Å². The zero-order valence-electron chi connectivity index (χ0n) is 18.8. The van der Waals surface area contributed by atoms with Crippen molar-refractivity contribution >= 4 is 16.9 Å². The minimum Gasteiger partial charge on any atom is -0.335 e. The van der Waals surface area contributed by atoms with Gasteiger partial charge in [0.1, 0.15) is 0 Å². The summed E-state index contributed by atoms with van der Waals surface area (Å²) in [6, 6.07) is 16.6. The molecule has 1 saturated heterocycles. The molecule has 0 N–H and O–H groups in total. The van der Waals surface area contributed by atoms with E-state index >= 15 is 0 Å². The van der Waals surface area contributed by atoms with Gasteiger partial charge in [0.2, 0.25) is 5.91 Å². The number of rotatable bonds is 6. The zero-order chi connectivity index (χ0) is 22.0. The molecule has 1 aliphatic rings. The van der Waals surface area contributed by atoms with Crippen LogP contribution in [0.4, 0.5) is 0 Å². The van der Waals surface area contributed by atoms with Gasteiger partial charge >= 0.3 is 5.69 Å². The van der Waals surface area contributed by atoms with Gasteiger partial charge in [0.05, 0.1) is 11.0 Å². The Morgan fingerprint density at radius 3 is 2.32 bits per heavy atom. The molecule has 0 saturated carbocycles. The van der Waals surface area contributed by atoms with Crippen molar-refractivity contribution in [3.05, 3.63) is 70.1 Å². The summed E-state index contributed by atoms with van der Waals surface area (Å²) in [7, 11) is 5.73. The molecule has 0 aliphatic carbocycles. The van der Waals surface area contributed by atoms with E-state index in [0.29, 0.717) is 25.4 Å². The van der Waals surface area contributed by atoms with Gasteiger partial charge in [-0.25, -0.2) is 4.79 Å². The summed E-state index contributed by atoms with van der Waals surface area (Å²) < 4.78 is 3.33. The molecule has 1 aliphatic heterocycles. The molecule has 1 fully saturated rings. The average Bonchev–Trinajstić information content (AvgIpc) is 3.01. The van der Waals surface area contributed by atoms with E-state index in [9.17, 15) is 9.59 Å². The Hall–Kier alpha value is -2.86. The highest BCUT2D eigenvalue weighted by molar-refractivity contribution is 5.78. The number of carbonyl (C=O) groups excluding carboxylic acids is 1. The Kier molecular flexibility index (Phi) is 6.28. The second-order valence-corrected chi connectivity index (χ2v) is 8.77. The monoisotopic (exact) mass is 420 g/mol. The van der Waals surface area contributed by atoms with Crippen LogP contribution in [-0.4, -0.2) is 51.0 Å². The van der Waals surface area contributed by atoms with Crippen molar-refractivity contribution in [2.75, 3.05) is 20.1 Å². The van der Waals surface area contributed by atoms with E-state index < -0.39 is 0 Å². The number of fused-ring (bicyclic) bond motifs is 1. The Labute approximate surface area is 183 Å². The quantitative estimate of drug-likeness (QED) is 0.616. The van der Waals surface area contributed by atoms with Gasteiger partial charge in [0.15, 0.2) is 0 Å². The summed E-state index contributed by atoms with van der Waals surface area (Å²) in [6.07, 6.45) is 3.20. The fraction of sp³-hybridized carbons (Fsp3) is 0.440. The summed E-state index contributed by atoms with van der Waals surface area (Å²) in [5.74, 6) is 0.209. The van der Waals surface area contributed by atoms with Crippen molar-refractivity contribution in [2.24, 2.45) is 14.1 Å². The van der Waals surface area contributed by atoms with Crippen LogP contribution in [0.3, 0.4) is 0 Å². The van der Waals surface area contributed by atoms with Gasteiger partial charge in [-0.3, -0.25) is 13.9 Å². The summed E-state index contributed by atoms with van der Waals surface area (Å²) in [5, 5.41) is 0. The smallest absolute Gasteiger partial charge is 0.328 e. The molecular weight excluding hydrogens is 388 g/mol. The number of amides is 1. The fourth-order valence-electron chi connectivity index (χ4n) is 4.61. The second-order valence-electron chi connectivity index (χ2n) is 8.77. The van der Waals surface area contributed by atoms with Crippen molar-refractivity contribution in [3.8, 4) is 0 Å². The highest BCUT2D eigenvalue weighted by atomic mass is 16.2. The number of aromatic nitrogens is 2. The van der Waals surface area contributed by atoms with Crippen LogP contribution in [0.5, 0.6) is 0 Å². The van der Waals surface area contributed by atoms with Gasteiger partial charge in [-0.05, 0) is 62.7 Å². The van der Waals surface area contributed by atoms with E-state index in [2.05, 4.69) is 29.0 Å². The molecule has 0 spiro atoms. The highest BCUT2D eigenvalue weighted by Crippen LogP contribution is 2.21. The summed E-state index contributed by atoms with van der Waals surface area (Å²) >= 11 is 0. The third kappa shape index (κ3) is 4.59. The Balaban J connectivity index is 1.49. The van der Waals surface area contributed by atoms with E-state index in [0.717, 1.165) is 42.5 Å². The molecule has 6 heteroatoms. The van der Waals surface area contributed by atoms with Crippen molar-refractivity contribution in [1.82, 2.24) is 18.9 Å². The van der Waals surface area contributed by atoms with Gasteiger partial charge in [0, 0.05) is 33.1 Å². The largest absolute Gasteiger partial charge is 0.335 e. The highest BCUT2D eigenvalue weighted by Gasteiger charge is 2.26. The number of imidazole rings is 1. The average molecular weight is 421 g/mol. The normalized spacial score (nSPS) is 15.5. The third-order valence-corrected chi connectivity index (χ3v) is 6.61. The van der Waals surface area contributed by atoms with Crippen LogP contribution in [-0.2, 0) is 31.9 Å². The lowest BCUT2D eigenvalue weighted by atomic mass is 10.0. The van der Waals surface area contributed by atoms with Gasteiger partial charge in [-0.15, -0.1) is 0 Å². The van der Waals surface area contributed by atoms with Crippen LogP contribution in [0.1, 0.15) is 30.4 Å². The Morgan fingerprint density at radius 1 is 0.935 bits per heavy atom. The number of hydrogen-bond donors (Lipinski definition) is 0. The molecule has 1 amide bonds. The molecule has 0 atom stereocenters. The van der Waals surface area contributed by atoms with Crippen LogP contribution in [0, 0.1) is 0 Å². The maximum atomic E-state index is 13.3. The van der Waals surface area contributed by atoms with Gasteiger partial charge in [-0.2, -0.15) is 0 Å². The molecule has 164 valence electrons. The van der Waals surface area contributed by atoms with Gasteiger partial charge in [-0.1, -0.05) is 36.4 Å². The maximum Gasteiger partial charge on any atom is 0.328 e. The first kappa shape index (κ1) is 21.4. The molecule has 0 bridgehead atoms. The predicted molar refractivity (Wildman–Crippen MR) is 124 cm³/mol. The standard InChI is InChI=1S/C25H32N4O2/c1-26-15-13-21(14-16-26)29(18-20-7-5-4-6-8-20)24(30)12-10-19-9-11-22-23(17-19)28(3)25(31)27(22)2/h4-9,11,17,21H,10,12-16,18H2,1-3H3. The van der Waals surface area contributed by atoms with Crippen LogP contribution < -0.4 is 5.69 Å². The molecule has 0 radical (unpaired) electrons. The van der Waals surface area contributed by atoms with Crippen LogP contribution >= 0.6 is 0 Å². The number of aryl methyl sites for hydroxylation is 3. The summed E-state index contributed by atoms with van der Waals surface area (Å²) in [5.41, 5.74) is 4.06. The minimum atomic E-state index is -0.0282. The van der Waals surface area contributed by atoms with Crippen LogP contribution in [0.2, 0.25) is 0 Å². The Morgan fingerprint density at radius 2 is 1.61 bits per heavy atom. The molecule has 6 nitrogen and oxygen atoms in total. The lowest BCUT2D eigenvalue weighted by molar-refractivity contribution is -0.135. The molecule has 4 rings (SSSR count). The zero-order valence-corrected chi connectivity index (χ0v) is 18.8. The summed E-state index contributed by atoms with van der Waals surface area (Å²) in [6.45, 7) is 2.73. The number of nitrogens with zero attached hydrogens (tertiary/aromatic N) is 4. The fourth-order valence-corrected chi connectivity index (χ4v) is 4.61. The topological polar surface area (TPSA) is 50.5 Å². The minimum absolute atomic E-state index is 0.0282. The van der Waals surface area contributed by atoms with E-state index in [1.54, 1.807) is 23.2 Å². The first-order valence-electron chi connectivity index (χ1n) is 11.1. The lowest BCUT2D eigenvalue weighted by Crippen LogP contribution is -2.46. The number of piperidine rings is 1. The molecular formula is C25H32N4O2. The van der Waals surface area contributed by atoms with E-state index in [1.165, 1.54) is 5.56 Å². The third-order valence-electron chi connectivity index (χ3n) is 6.61. The van der Waals surface area contributed by atoms with Gasteiger partial charge < -0.3 is 9.80 Å². The molecule has 0 unspecified atom stereocenters. The molecule has 2 heterocycles. The van der Waals surface area contributed by atoms with E-state index in [1.807, 2.05) is 36.4 Å². The van der Waals surface area contributed by atoms with Gasteiger partial charge in [0.25, 0.3) is 0 Å². The maximum absolute atomic E-state index is 13.3. The molecule has 31 heavy (non-hydrogen) atoms. The number of carbonyl (C=O) groups is 1. The van der Waals surface area contributed by atoms with Crippen molar-refractivity contribution in [2.45, 2.75) is 38.3 Å². The predicted octanol–water partition coefficient (Wildman–Crippen LogP) is 2.93. The molecule has 3 aromatic rings. The summed E-state index contributed by atoms with van der Waals surface area (Å²) in [4.78, 5) is 30.0. The SMILES string of the molecule is CN1CCC(N(Cc2ccccc2)C(=O)CCc2ccc3c(c2)n(C)c(=O)n3C)CC1. The number of likely N-dealkylation sites (tertiary alicyclic amines) is 1. The van der Waals surface area contributed by atoms with E-state index in [4.69, 9.17) is 0 Å². The number of benzene rings is 2. The van der Waals surface area contributed by atoms with Crippen molar-refractivity contribution in [3.63, 3.8) is 0 Å².